The zero-order valence-electron chi connectivity index (χ0n) is 43.3. The van der Waals surface area contributed by atoms with Crippen LogP contribution in [0.4, 0.5) is 0 Å². The average molecular weight is 1090 g/mol. The van der Waals surface area contributed by atoms with E-state index in [0.29, 0.717) is 19.3 Å². The second-order valence-electron chi connectivity index (χ2n) is 20.5. The van der Waals surface area contributed by atoms with Crippen LogP contribution in [0, 0.1) is 0 Å². The molecule has 0 aromatic rings. The van der Waals surface area contributed by atoms with Crippen molar-refractivity contribution in [2.75, 3.05) is 26.4 Å². The van der Waals surface area contributed by atoms with Gasteiger partial charge in [-0.1, -0.05) is 41.0 Å². The van der Waals surface area contributed by atoms with Crippen molar-refractivity contribution in [1.82, 2.24) is 0 Å². The van der Waals surface area contributed by atoms with Gasteiger partial charge in [0.15, 0.2) is 31.5 Å². The number of allylic oxidation sites excluding steroid dienone is 5. The predicted octanol–water partition coefficient (Wildman–Crippen LogP) is -3.73. The van der Waals surface area contributed by atoms with E-state index in [2.05, 4.69) is 18.7 Å². The van der Waals surface area contributed by atoms with Crippen molar-refractivity contribution in [2.45, 2.75) is 239 Å². The molecule has 5 heterocycles. The molecule has 5 fully saturated rings. The zero-order chi connectivity index (χ0) is 55.6. The first-order valence-corrected chi connectivity index (χ1v) is 25.5. The highest BCUT2D eigenvalue weighted by Crippen LogP contribution is 2.35. The molecule has 0 aromatic heterocycles. The normalized spacial score (nSPS) is 44.3. The van der Waals surface area contributed by atoms with Gasteiger partial charge in [0.25, 0.3) is 0 Å². The van der Waals surface area contributed by atoms with Crippen LogP contribution >= 0.6 is 0 Å². The maximum atomic E-state index is 11.3. The lowest BCUT2D eigenvalue weighted by Gasteiger charge is -2.47. The molecule has 26 atom stereocenters. The van der Waals surface area contributed by atoms with Crippen LogP contribution in [0.25, 0.3) is 0 Å². The van der Waals surface area contributed by atoms with E-state index in [4.69, 9.17) is 47.4 Å². The van der Waals surface area contributed by atoms with Gasteiger partial charge in [0.2, 0.25) is 0 Å². The largest absolute Gasteiger partial charge is 0.394 e. The summed E-state index contributed by atoms with van der Waals surface area (Å²) >= 11 is 0. The Morgan fingerprint density at radius 2 is 0.907 bits per heavy atom. The lowest BCUT2D eigenvalue weighted by molar-refractivity contribution is -0.375. The molecule has 15 N–H and O–H groups in total. The van der Waals surface area contributed by atoms with E-state index in [1.807, 2.05) is 26.8 Å². The van der Waals surface area contributed by atoms with Crippen molar-refractivity contribution in [1.29, 1.82) is 0 Å². The van der Waals surface area contributed by atoms with Gasteiger partial charge < -0.3 is 124 Å². The highest BCUT2D eigenvalue weighted by Gasteiger charge is 2.54. The van der Waals surface area contributed by atoms with Gasteiger partial charge in [-0.15, -0.1) is 6.58 Å². The minimum atomic E-state index is -1.84. The van der Waals surface area contributed by atoms with E-state index < -0.39 is 179 Å². The fourth-order valence-electron chi connectivity index (χ4n) is 9.24. The predicted molar refractivity (Wildman–Crippen MR) is 257 cm³/mol. The lowest BCUT2D eigenvalue weighted by atomic mass is 9.95. The Kier molecular flexibility index (Phi) is 24.6. The van der Waals surface area contributed by atoms with E-state index in [9.17, 15) is 76.6 Å². The second-order valence-corrected chi connectivity index (χ2v) is 20.5. The minimum Gasteiger partial charge on any atom is -0.394 e. The molecule has 5 aliphatic heterocycles. The van der Waals surface area contributed by atoms with E-state index in [-0.39, 0.29) is 6.61 Å². The van der Waals surface area contributed by atoms with Crippen LogP contribution in [0.5, 0.6) is 0 Å². The third-order valence-electron chi connectivity index (χ3n) is 14.4. The topological polar surface area (TPSA) is 396 Å². The first kappa shape index (κ1) is 63.8. The summed E-state index contributed by atoms with van der Waals surface area (Å²) in [6, 6.07) is 0. The number of rotatable bonds is 24. The fraction of sp³-hybridized carbons (Fsp3) is 0.840. The number of hydrogen-bond acceptors (Lipinski definition) is 25. The van der Waals surface area contributed by atoms with Crippen molar-refractivity contribution in [3.63, 3.8) is 0 Å². The Labute approximate surface area is 436 Å². The molecule has 434 valence electrons. The zero-order valence-corrected chi connectivity index (χ0v) is 43.3. The molecule has 0 amide bonds. The summed E-state index contributed by atoms with van der Waals surface area (Å²) in [6.45, 7) is 12.6. The summed E-state index contributed by atoms with van der Waals surface area (Å²) in [5, 5.41) is 157. The van der Waals surface area contributed by atoms with E-state index in [0.717, 1.165) is 36.0 Å². The Morgan fingerprint density at radius 1 is 0.467 bits per heavy atom. The van der Waals surface area contributed by atoms with Crippen LogP contribution < -0.4 is 0 Å². The van der Waals surface area contributed by atoms with Crippen LogP contribution in [-0.4, -0.2) is 262 Å². The molecule has 5 saturated heterocycles. The van der Waals surface area contributed by atoms with E-state index >= 15 is 0 Å². The Bertz CT molecular complexity index is 1840. The number of ether oxygens (including phenoxy) is 10. The van der Waals surface area contributed by atoms with E-state index in [1.165, 1.54) is 19.9 Å². The van der Waals surface area contributed by atoms with Crippen molar-refractivity contribution in [3.8, 4) is 0 Å². The summed E-state index contributed by atoms with van der Waals surface area (Å²) in [7, 11) is 0. The Balaban J connectivity index is 1.06. The molecule has 25 heteroatoms. The number of hydrogen-bond donors (Lipinski definition) is 15. The molecular formula is C50H84O25. The molecule has 5 rings (SSSR count). The molecule has 0 bridgehead atoms. The van der Waals surface area contributed by atoms with Gasteiger partial charge in [0, 0.05) is 0 Å². The maximum Gasteiger partial charge on any atom is 0.188 e. The molecule has 0 aliphatic carbocycles. The maximum absolute atomic E-state index is 11.3. The second kappa shape index (κ2) is 28.9. The summed E-state index contributed by atoms with van der Waals surface area (Å²) in [5.74, 6) is 0. The standard InChI is InChI=1S/C50H84O25/c1-8-50(7,75-49-44(38(61)33(56)28(19-52)71-49)74-47-40(63)36(59)32(55)27(18-51)70-47)17-11-16-23(3)13-9-12-22(2)14-10-15-24(4)20-66-46-42(65)43(31(54)26(6)69-46)73-48-41(64)37(60)34(57)29(72-48)21-67-45-39(62)35(58)30(53)25(5)68-45/h8,12,15-16,25-49,51-65H,1,9-11,13-14,17-21H2,2-7H3/b22-12+,23-16+,24-15+/t25-,26+,27-,28+,29+,30+,31+,32-,33-,34+,35-,36-,37+,38-,39+,40+,41-,42-,43+,44+,45+,46+,47+,48-,49-,50-/m1/s1. The van der Waals surface area contributed by atoms with Gasteiger partial charge in [-0.05, 0) is 80.1 Å². The third kappa shape index (κ3) is 16.3. The van der Waals surface area contributed by atoms with E-state index in [1.54, 1.807) is 6.92 Å². The Hall–Kier alpha value is -2.04. The highest BCUT2D eigenvalue weighted by atomic mass is 16.8. The monoisotopic (exact) mass is 1080 g/mol. The van der Waals surface area contributed by atoms with Gasteiger partial charge in [-0.3, -0.25) is 0 Å². The Morgan fingerprint density at radius 3 is 1.47 bits per heavy atom. The lowest BCUT2D eigenvalue weighted by Crippen LogP contribution is -2.65. The molecule has 75 heavy (non-hydrogen) atoms. The quantitative estimate of drug-likeness (QED) is 0.0413. The summed E-state index contributed by atoms with van der Waals surface area (Å²) in [4.78, 5) is 0. The highest BCUT2D eigenvalue weighted by molar-refractivity contribution is 5.08. The number of aliphatic hydroxyl groups excluding tert-OH is 15. The van der Waals surface area contributed by atoms with Gasteiger partial charge in [-0.2, -0.15) is 0 Å². The molecule has 5 aliphatic rings. The molecule has 0 saturated carbocycles. The van der Waals surface area contributed by atoms with Gasteiger partial charge in [-0.25, -0.2) is 0 Å². The molecule has 0 radical (unpaired) electrons. The summed E-state index contributed by atoms with van der Waals surface area (Å²) in [6.07, 6.45) is -26.3. The molecule has 0 aromatic carbocycles. The molecular weight excluding hydrogens is 1000 g/mol. The summed E-state index contributed by atoms with van der Waals surface area (Å²) in [5.41, 5.74) is 1.99. The number of aliphatic hydroxyl groups is 15. The van der Waals surface area contributed by atoms with Crippen LogP contribution in [0.1, 0.15) is 80.1 Å². The van der Waals surface area contributed by atoms with Crippen LogP contribution in [0.15, 0.2) is 47.6 Å². The van der Waals surface area contributed by atoms with Crippen molar-refractivity contribution < 1.29 is 124 Å². The minimum absolute atomic E-state index is 0.0463. The molecule has 0 unspecified atom stereocenters. The summed E-state index contributed by atoms with van der Waals surface area (Å²) < 4.78 is 57.5. The molecule has 25 nitrogen and oxygen atoms in total. The SMILES string of the molecule is C=C[C@](C)(CC/C=C(\C)CC/C=C(\C)CC/C=C(\C)CO[C@H]1O[C@@H](C)[C@H](O)[C@H](O[C@H]2O[C@@H](CO[C@H]3O[C@H](C)[C@H](O)[C@@H](O)[C@@H]3O)[C@H](O)[C@H](O)[C@H]2O)[C@H]1O)O[C@H]1O[C@@H](CO)[C@@H](O)[C@@H](O)[C@@H]1O[C@@H]1O[C@H](CO)[C@@H](O)[C@@H](O)[C@@H]1O. The third-order valence-corrected chi connectivity index (χ3v) is 14.4. The average Bonchev–Trinajstić information content (AvgIpc) is 3.38. The van der Waals surface area contributed by atoms with Crippen molar-refractivity contribution in [3.05, 3.63) is 47.6 Å². The van der Waals surface area contributed by atoms with Gasteiger partial charge in [0.05, 0.1) is 44.2 Å². The van der Waals surface area contributed by atoms with Gasteiger partial charge >= 0.3 is 0 Å². The molecule has 0 spiro atoms. The van der Waals surface area contributed by atoms with Crippen molar-refractivity contribution >= 4 is 0 Å². The first-order chi connectivity index (χ1) is 35.4. The van der Waals surface area contributed by atoms with Crippen LogP contribution in [-0.2, 0) is 47.4 Å². The van der Waals surface area contributed by atoms with Crippen LogP contribution in [0.3, 0.4) is 0 Å². The first-order valence-electron chi connectivity index (χ1n) is 25.5. The fourth-order valence-corrected chi connectivity index (χ4v) is 9.24. The van der Waals surface area contributed by atoms with Gasteiger partial charge in [0.1, 0.15) is 110 Å². The van der Waals surface area contributed by atoms with Crippen LogP contribution in [0.2, 0.25) is 0 Å². The van der Waals surface area contributed by atoms with Crippen molar-refractivity contribution in [2.24, 2.45) is 0 Å². The smallest absolute Gasteiger partial charge is 0.188 e.